The number of carboxylic acid groups (broad SMARTS) is 1. The lowest BCUT2D eigenvalue weighted by molar-refractivity contribution is 0.0695. The Kier molecular flexibility index (Phi) is 6.28. The van der Waals surface area contributed by atoms with Crippen molar-refractivity contribution in [3.8, 4) is 22.6 Å². The highest BCUT2D eigenvalue weighted by Gasteiger charge is 2.45. The van der Waals surface area contributed by atoms with Crippen LogP contribution in [0, 0.1) is 5.92 Å². The van der Waals surface area contributed by atoms with Gasteiger partial charge in [-0.3, -0.25) is 0 Å². The van der Waals surface area contributed by atoms with Crippen molar-refractivity contribution in [2.24, 2.45) is 13.0 Å². The maximum atomic E-state index is 12.1. The molecule has 0 saturated heterocycles. The van der Waals surface area contributed by atoms with Crippen LogP contribution in [0.5, 0.6) is 5.75 Å². The summed E-state index contributed by atoms with van der Waals surface area (Å²) in [6, 6.07) is 16.3. The Hall–Kier alpha value is -3.87. The molecule has 2 aliphatic rings. The van der Waals surface area contributed by atoms with Crippen LogP contribution < -0.4 is 4.74 Å². The number of aromatic carboxylic acids is 1. The minimum absolute atomic E-state index is 0.0728. The van der Waals surface area contributed by atoms with Crippen molar-refractivity contribution in [3.05, 3.63) is 84.2 Å². The summed E-state index contributed by atoms with van der Waals surface area (Å²) in [6.07, 6.45) is 12.6. The lowest BCUT2D eigenvalue weighted by Gasteiger charge is -2.21. The number of ether oxygens (including phenoxy) is 1. The first-order valence-electron chi connectivity index (χ1n) is 13.2. The van der Waals surface area contributed by atoms with Gasteiger partial charge < -0.3 is 14.4 Å². The van der Waals surface area contributed by atoms with Crippen LogP contribution in [-0.4, -0.2) is 37.0 Å². The molecule has 0 aliphatic heterocycles. The highest BCUT2D eigenvalue weighted by atomic mass is 16.5. The number of benzene rings is 2. The first kappa shape index (κ1) is 23.5. The number of aryl methyl sites for hydroxylation is 1. The Morgan fingerprint density at radius 2 is 1.84 bits per heavy atom. The SMILES string of the molecule is Cn1cnc(C2CC2c2c(C(=O)O)cnn2-c2cccc(-c3cccc(OCC4CCCCC4)c3)c2)c1. The number of hydrogen-bond acceptors (Lipinski definition) is 4. The molecule has 0 radical (unpaired) electrons. The number of rotatable bonds is 8. The molecule has 190 valence electrons. The molecule has 7 nitrogen and oxygen atoms in total. The fraction of sp³-hybridized carbons (Fsp3) is 0.367. The summed E-state index contributed by atoms with van der Waals surface area (Å²) in [7, 11) is 1.95. The van der Waals surface area contributed by atoms with Gasteiger partial charge in [-0.15, -0.1) is 0 Å². The third-order valence-corrected chi connectivity index (χ3v) is 7.75. The summed E-state index contributed by atoms with van der Waals surface area (Å²) in [5.74, 6) is 0.865. The fourth-order valence-electron chi connectivity index (χ4n) is 5.68. The Bertz CT molecular complexity index is 1420. The van der Waals surface area contributed by atoms with E-state index < -0.39 is 5.97 Å². The van der Waals surface area contributed by atoms with E-state index in [1.165, 1.54) is 38.3 Å². The molecule has 6 rings (SSSR count). The summed E-state index contributed by atoms with van der Waals surface area (Å²) >= 11 is 0. The number of carboxylic acids is 1. The summed E-state index contributed by atoms with van der Waals surface area (Å²) in [6.45, 7) is 0.775. The van der Waals surface area contributed by atoms with Crippen LogP contribution in [0.2, 0.25) is 0 Å². The van der Waals surface area contributed by atoms with Crippen LogP contribution in [0.3, 0.4) is 0 Å². The second-order valence-corrected chi connectivity index (χ2v) is 10.5. The van der Waals surface area contributed by atoms with E-state index in [-0.39, 0.29) is 17.4 Å². The molecule has 2 aromatic carbocycles. The molecule has 2 fully saturated rings. The zero-order chi connectivity index (χ0) is 25.4. The third-order valence-electron chi connectivity index (χ3n) is 7.75. The average Bonchev–Trinajstić information content (AvgIpc) is 3.37. The molecule has 1 N–H and O–H groups in total. The number of imidazole rings is 1. The van der Waals surface area contributed by atoms with Gasteiger partial charge in [0.2, 0.25) is 0 Å². The molecule has 2 aliphatic carbocycles. The van der Waals surface area contributed by atoms with Crippen LogP contribution in [-0.2, 0) is 7.05 Å². The molecule has 7 heteroatoms. The van der Waals surface area contributed by atoms with Crippen molar-refractivity contribution >= 4 is 5.97 Å². The standard InChI is InChI=1S/C30H32N4O3/c1-33-17-28(31-19-33)25-15-26(25)29-27(30(35)36)16-32-34(29)23-11-5-9-21(13-23)22-10-6-12-24(14-22)37-18-20-7-3-2-4-8-20/h5-6,9-14,16-17,19-20,25-26H,2-4,7-8,15,18H2,1H3,(H,35,36). The highest BCUT2D eigenvalue weighted by Crippen LogP contribution is 2.55. The largest absolute Gasteiger partial charge is 0.493 e. The van der Waals surface area contributed by atoms with Gasteiger partial charge in [0, 0.05) is 25.1 Å². The smallest absolute Gasteiger partial charge is 0.339 e. The van der Waals surface area contributed by atoms with Crippen LogP contribution in [0.25, 0.3) is 16.8 Å². The van der Waals surface area contributed by atoms with Gasteiger partial charge in [-0.2, -0.15) is 5.10 Å². The highest BCUT2D eigenvalue weighted by molar-refractivity contribution is 5.89. The normalized spacial score (nSPS) is 19.6. The fourth-order valence-corrected chi connectivity index (χ4v) is 5.68. The third kappa shape index (κ3) is 4.90. The quantitative estimate of drug-likeness (QED) is 0.314. The Morgan fingerprint density at radius 3 is 2.59 bits per heavy atom. The zero-order valence-electron chi connectivity index (χ0n) is 21.1. The van der Waals surface area contributed by atoms with Crippen molar-refractivity contribution in [2.75, 3.05) is 6.61 Å². The molecule has 2 heterocycles. The minimum Gasteiger partial charge on any atom is -0.493 e. The van der Waals surface area contributed by atoms with Crippen molar-refractivity contribution in [1.29, 1.82) is 0 Å². The van der Waals surface area contributed by atoms with Gasteiger partial charge in [-0.1, -0.05) is 43.5 Å². The summed E-state index contributed by atoms with van der Waals surface area (Å²) in [4.78, 5) is 16.6. The molecule has 0 bridgehead atoms. The van der Waals surface area contributed by atoms with Crippen LogP contribution in [0.15, 0.2) is 67.3 Å². The topological polar surface area (TPSA) is 82.2 Å². The second kappa shape index (κ2) is 9.88. The van der Waals surface area contributed by atoms with Gasteiger partial charge in [-0.25, -0.2) is 14.5 Å². The van der Waals surface area contributed by atoms with E-state index in [4.69, 9.17) is 4.74 Å². The van der Waals surface area contributed by atoms with Gasteiger partial charge in [0.25, 0.3) is 0 Å². The van der Waals surface area contributed by atoms with Crippen molar-refractivity contribution < 1.29 is 14.6 Å². The average molecular weight is 497 g/mol. The lowest BCUT2D eigenvalue weighted by Crippen LogP contribution is -2.15. The van der Waals surface area contributed by atoms with Crippen molar-refractivity contribution in [1.82, 2.24) is 19.3 Å². The second-order valence-electron chi connectivity index (χ2n) is 10.5. The van der Waals surface area contributed by atoms with Crippen LogP contribution in [0.1, 0.15) is 72.1 Å². The van der Waals surface area contributed by atoms with Gasteiger partial charge in [0.05, 0.1) is 36.2 Å². The van der Waals surface area contributed by atoms with E-state index in [2.05, 4.69) is 34.3 Å². The molecule has 2 saturated carbocycles. The number of carbonyl (C=O) groups is 1. The molecular formula is C30H32N4O3. The van der Waals surface area contributed by atoms with Crippen molar-refractivity contribution in [2.45, 2.75) is 50.4 Å². The van der Waals surface area contributed by atoms with Gasteiger partial charge in [0.15, 0.2) is 0 Å². The van der Waals surface area contributed by atoms with Gasteiger partial charge in [0.1, 0.15) is 11.3 Å². The van der Waals surface area contributed by atoms with Crippen molar-refractivity contribution in [3.63, 3.8) is 0 Å². The first-order valence-corrected chi connectivity index (χ1v) is 13.2. The molecule has 2 atom stereocenters. The van der Waals surface area contributed by atoms with Crippen LogP contribution in [0.4, 0.5) is 0 Å². The zero-order valence-corrected chi connectivity index (χ0v) is 21.1. The minimum atomic E-state index is -0.952. The van der Waals surface area contributed by atoms with Crippen LogP contribution >= 0.6 is 0 Å². The Labute approximate surface area is 216 Å². The molecule has 0 spiro atoms. The Morgan fingerprint density at radius 1 is 1.05 bits per heavy atom. The van der Waals surface area contributed by atoms with E-state index in [0.717, 1.165) is 47.0 Å². The monoisotopic (exact) mass is 496 g/mol. The molecule has 0 amide bonds. The number of hydrogen-bond donors (Lipinski definition) is 1. The van der Waals surface area contributed by atoms with E-state index in [0.29, 0.717) is 5.92 Å². The Balaban J connectivity index is 1.27. The number of aromatic nitrogens is 4. The summed E-state index contributed by atoms with van der Waals surface area (Å²) < 4.78 is 9.90. The van der Waals surface area contributed by atoms with Gasteiger partial charge >= 0.3 is 5.97 Å². The van der Waals surface area contributed by atoms with E-state index in [1.54, 1.807) is 11.0 Å². The predicted octanol–water partition coefficient (Wildman–Crippen LogP) is 6.20. The van der Waals surface area contributed by atoms with E-state index >= 15 is 0 Å². The summed E-state index contributed by atoms with van der Waals surface area (Å²) in [5.41, 5.74) is 4.94. The molecular weight excluding hydrogens is 464 g/mol. The first-order chi connectivity index (χ1) is 18.1. The van der Waals surface area contributed by atoms with E-state index in [9.17, 15) is 9.90 Å². The lowest BCUT2D eigenvalue weighted by atomic mass is 9.90. The maximum Gasteiger partial charge on any atom is 0.339 e. The molecule has 4 aromatic rings. The molecule has 2 unspecified atom stereocenters. The molecule has 2 aromatic heterocycles. The maximum absolute atomic E-state index is 12.1. The summed E-state index contributed by atoms with van der Waals surface area (Å²) in [5, 5.41) is 14.4. The molecule has 37 heavy (non-hydrogen) atoms. The van der Waals surface area contributed by atoms with Gasteiger partial charge in [-0.05, 0) is 60.6 Å². The number of nitrogens with zero attached hydrogens (tertiary/aromatic N) is 4. The predicted molar refractivity (Wildman–Crippen MR) is 141 cm³/mol. The van der Waals surface area contributed by atoms with E-state index in [1.807, 2.05) is 42.1 Å².